The molecule has 0 aliphatic carbocycles. The van der Waals surface area contributed by atoms with Crippen LogP contribution in [-0.2, 0) is 20.8 Å². The quantitative estimate of drug-likeness (QED) is 0.171. The van der Waals surface area contributed by atoms with Crippen LogP contribution in [0.4, 0.5) is 5.69 Å². The van der Waals surface area contributed by atoms with Gasteiger partial charge in [0, 0.05) is 38.3 Å². The van der Waals surface area contributed by atoms with E-state index >= 15 is 0 Å². The van der Waals surface area contributed by atoms with Gasteiger partial charge in [0.1, 0.15) is 0 Å². The van der Waals surface area contributed by atoms with Crippen molar-refractivity contribution in [2.45, 2.75) is 52.5 Å². The predicted molar refractivity (Wildman–Crippen MR) is 137 cm³/mol. The van der Waals surface area contributed by atoms with Crippen LogP contribution >= 0.6 is 24.0 Å². The highest BCUT2D eigenvalue weighted by molar-refractivity contribution is 14.0. The minimum absolute atomic E-state index is 0. The lowest BCUT2D eigenvalue weighted by atomic mass is 10.1. The van der Waals surface area contributed by atoms with Gasteiger partial charge in [-0.15, -0.1) is 24.0 Å². The van der Waals surface area contributed by atoms with Crippen molar-refractivity contribution in [3.8, 4) is 0 Å². The van der Waals surface area contributed by atoms with E-state index in [0.717, 1.165) is 62.6 Å². The Morgan fingerprint density at radius 3 is 2.45 bits per heavy atom. The second-order valence-corrected chi connectivity index (χ2v) is 7.37. The number of anilines is 1. The first-order valence-corrected chi connectivity index (χ1v) is 11.3. The number of carbonyl (C=O) groups excluding carboxylic acids is 1. The number of ether oxygens (including phenoxy) is 2. The fraction of sp³-hybridized carbons (Fsp3) is 0.652. The average Bonchev–Trinajstić information content (AvgIpc) is 2.77. The zero-order valence-corrected chi connectivity index (χ0v) is 21.4. The molecule has 1 heterocycles. The minimum Gasteiger partial charge on any atom is -0.379 e. The minimum atomic E-state index is 0. The highest BCUT2D eigenvalue weighted by Crippen LogP contribution is 2.21. The van der Waals surface area contributed by atoms with Gasteiger partial charge in [-0.05, 0) is 43.9 Å². The van der Waals surface area contributed by atoms with Gasteiger partial charge in [-0.1, -0.05) is 25.5 Å². The summed E-state index contributed by atoms with van der Waals surface area (Å²) in [5.74, 6) is 0.996. The van der Waals surface area contributed by atoms with E-state index in [1.807, 2.05) is 36.1 Å². The highest BCUT2D eigenvalue weighted by atomic mass is 127. The van der Waals surface area contributed by atoms with Crippen molar-refractivity contribution in [3.63, 3.8) is 0 Å². The zero-order valence-electron chi connectivity index (χ0n) is 19.0. The van der Waals surface area contributed by atoms with Gasteiger partial charge in [0.05, 0.1) is 26.4 Å². The first kappa shape index (κ1) is 27.6. The zero-order chi connectivity index (χ0) is 21.4. The van der Waals surface area contributed by atoms with E-state index in [1.165, 1.54) is 0 Å². The fourth-order valence-electron chi connectivity index (χ4n) is 3.18. The summed E-state index contributed by atoms with van der Waals surface area (Å²) in [4.78, 5) is 18.6. The molecule has 1 aromatic rings. The van der Waals surface area contributed by atoms with E-state index < -0.39 is 0 Å². The maximum absolute atomic E-state index is 12.1. The van der Waals surface area contributed by atoms with Crippen molar-refractivity contribution in [3.05, 3.63) is 29.8 Å². The number of nitrogens with zero attached hydrogens (tertiary/aromatic N) is 2. The summed E-state index contributed by atoms with van der Waals surface area (Å²) in [6.45, 7) is 9.77. The Bertz CT molecular complexity index is 640. The number of guanidine groups is 1. The van der Waals surface area contributed by atoms with Crippen LogP contribution in [0.15, 0.2) is 29.3 Å². The molecule has 1 fully saturated rings. The monoisotopic (exact) mass is 546 g/mol. The predicted octanol–water partition coefficient (Wildman–Crippen LogP) is 3.71. The summed E-state index contributed by atoms with van der Waals surface area (Å²) in [5.41, 5.74) is 2.09. The normalized spacial score (nSPS) is 14.3. The van der Waals surface area contributed by atoms with Gasteiger partial charge in [0.25, 0.3) is 0 Å². The largest absolute Gasteiger partial charge is 0.379 e. The molecule has 0 unspecified atom stereocenters. The SMILES string of the molecule is CCCCOCCOCCNC(=NCc1ccc(N2CCCCC2=O)cc1)NCC.I. The first-order chi connectivity index (χ1) is 14.7. The summed E-state index contributed by atoms with van der Waals surface area (Å²) in [5, 5.41) is 6.54. The van der Waals surface area contributed by atoms with E-state index in [4.69, 9.17) is 9.47 Å². The maximum Gasteiger partial charge on any atom is 0.226 e. The number of aliphatic imine (C=N–C) groups is 1. The molecule has 2 N–H and O–H groups in total. The van der Waals surface area contributed by atoms with E-state index in [1.54, 1.807) is 0 Å². The smallest absolute Gasteiger partial charge is 0.226 e. The van der Waals surface area contributed by atoms with Gasteiger partial charge < -0.3 is 25.0 Å². The molecule has 1 aliphatic rings. The number of amides is 1. The fourth-order valence-corrected chi connectivity index (χ4v) is 3.18. The van der Waals surface area contributed by atoms with Gasteiger partial charge in [0.2, 0.25) is 5.91 Å². The van der Waals surface area contributed by atoms with Crippen LogP contribution in [0.25, 0.3) is 0 Å². The molecule has 1 amide bonds. The van der Waals surface area contributed by atoms with Crippen molar-refractivity contribution in [2.75, 3.05) is 51.0 Å². The molecular weight excluding hydrogens is 507 g/mol. The van der Waals surface area contributed by atoms with Crippen LogP contribution in [0.2, 0.25) is 0 Å². The number of benzene rings is 1. The number of piperidine rings is 1. The van der Waals surface area contributed by atoms with Crippen LogP contribution in [0.3, 0.4) is 0 Å². The maximum atomic E-state index is 12.1. The van der Waals surface area contributed by atoms with Gasteiger partial charge in [0.15, 0.2) is 5.96 Å². The topological polar surface area (TPSA) is 75.2 Å². The van der Waals surface area contributed by atoms with Crippen LogP contribution in [0.5, 0.6) is 0 Å². The third-order valence-electron chi connectivity index (χ3n) is 4.89. The van der Waals surface area contributed by atoms with E-state index in [0.29, 0.717) is 39.3 Å². The Hall–Kier alpha value is -1.39. The van der Waals surface area contributed by atoms with E-state index in [2.05, 4.69) is 22.5 Å². The van der Waals surface area contributed by atoms with Crippen molar-refractivity contribution in [2.24, 2.45) is 4.99 Å². The van der Waals surface area contributed by atoms with Crippen molar-refractivity contribution >= 4 is 41.5 Å². The van der Waals surface area contributed by atoms with Gasteiger partial charge in [-0.3, -0.25) is 4.79 Å². The molecule has 1 aromatic carbocycles. The van der Waals surface area contributed by atoms with Crippen LogP contribution in [-0.4, -0.2) is 57.9 Å². The number of hydrogen-bond acceptors (Lipinski definition) is 4. The summed E-state index contributed by atoms with van der Waals surface area (Å²) < 4.78 is 11.1. The molecule has 0 bridgehead atoms. The Morgan fingerprint density at radius 1 is 1.03 bits per heavy atom. The Kier molecular flexibility index (Phi) is 15.3. The number of nitrogens with one attached hydrogen (secondary N) is 2. The van der Waals surface area contributed by atoms with Gasteiger partial charge >= 0.3 is 0 Å². The van der Waals surface area contributed by atoms with Crippen LogP contribution in [0, 0.1) is 0 Å². The molecule has 0 atom stereocenters. The number of rotatable bonds is 13. The second-order valence-electron chi connectivity index (χ2n) is 7.37. The molecule has 8 heteroatoms. The lowest BCUT2D eigenvalue weighted by molar-refractivity contribution is -0.119. The van der Waals surface area contributed by atoms with Crippen LogP contribution < -0.4 is 15.5 Å². The number of unbranched alkanes of at least 4 members (excludes halogenated alkanes) is 1. The van der Waals surface area contributed by atoms with Crippen molar-refractivity contribution in [1.82, 2.24) is 10.6 Å². The van der Waals surface area contributed by atoms with Gasteiger partial charge in [-0.2, -0.15) is 0 Å². The van der Waals surface area contributed by atoms with Crippen molar-refractivity contribution < 1.29 is 14.3 Å². The molecule has 0 radical (unpaired) electrons. The number of hydrogen-bond donors (Lipinski definition) is 2. The van der Waals surface area contributed by atoms with Crippen molar-refractivity contribution in [1.29, 1.82) is 0 Å². The van der Waals surface area contributed by atoms with Gasteiger partial charge in [-0.25, -0.2) is 4.99 Å². The van der Waals surface area contributed by atoms with Crippen LogP contribution in [0.1, 0.15) is 51.5 Å². The Balaban J connectivity index is 0.00000480. The molecule has 31 heavy (non-hydrogen) atoms. The van der Waals surface area contributed by atoms with E-state index in [9.17, 15) is 4.79 Å². The second kappa shape index (κ2) is 17.2. The lowest BCUT2D eigenvalue weighted by Gasteiger charge is -2.26. The molecular formula is C23H39IN4O3. The lowest BCUT2D eigenvalue weighted by Crippen LogP contribution is -2.39. The highest BCUT2D eigenvalue weighted by Gasteiger charge is 2.19. The average molecular weight is 546 g/mol. The third kappa shape index (κ3) is 11.2. The number of carbonyl (C=O) groups is 1. The summed E-state index contributed by atoms with van der Waals surface area (Å²) in [6, 6.07) is 8.13. The molecule has 0 spiro atoms. The molecule has 7 nitrogen and oxygen atoms in total. The molecule has 0 aromatic heterocycles. The Labute approximate surface area is 204 Å². The third-order valence-corrected chi connectivity index (χ3v) is 4.89. The Morgan fingerprint density at radius 2 is 1.77 bits per heavy atom. The summed E-state index contributed by atoms with van der Waals surface area (Å²) in [6.07, 6.45) is 4.98. The van der Waals surface area contributed by atoms with E-state index in [-0.39, 0.29) is 29.9 Å². The molecule has 0 saturated carbocycles. The molecule has 1 aliphatic heterocycles. The molecule has 176 valence electrons. The molecule has 2 rings (SSSR count). The summed E-state index contributed by atoms with van der Waals surface area (Å²) >= 11 is 0. The first-order valence-electron chi connectivity index (χ1n) is 11.3. The number of halogens is 1. The summed E-state index contributed by atoms with van der Waals surface area (Å²) in [7, 11) is 0. The molecule has 1 saturated heterocycles. The standard InChI is InChI=1S/C23H38N4O3.HI/c1-3-5-15-29-17-18-30-16-13-25-23(24-4-2)26-19-20-9-11-21(12-10-20)27-14-7-6-8-22(27)28;/h9-12H,3-8,13-19H2,1-2H3,(H2,24,25,26);1H.